The molecule has 3 heteroatoms. The highest BCUT2D eigenvalue weighted by Gasteiger charge is 2.10. The van der Waals surface area contributed by atoms with Gasteiger partial charge in [-0.3, -0.25) is 4.98 Å². The largest absolute Gasteiger partial charge is 0.305 e. The van der Waals surface area contributed by atoms with Gasteiger partial charge < -0.3 is 5.32 Å². The molecule has 0 saturated heterocycles. The number of para-hydroxylation sites is 1. The number of hydrogen-bond acceptors (Lipinski definition) is 2. The molecule has 106 valence electrons. The molecule has 0 amide bonds. The van der Waals surface area contributed by atoms with E-state index >= 15 is 0 Å². The lowest BCUT2D eigenvalue weighted by atomic mass is 10.1. The molecule has 1 atom stereocenters. The Morgan fingerprint density at radius 3 is 2.57 bits per heavy atom. The quantitative estimate of drug-likeness (QED) is 0.710. The second-order valence-corrected chi connectivity index (χ2v) is 5.30. The van der Waals surface area contributed by atoms with Crippen molar-refractivity contribution >= 4 is 22.5 Å². The van der Waals surface area contributed by atoms with Crippen LogP contribution in [0, 0.1) is 0 Å². The monoisotopic (exact) mass is 296 g/mol. The molecule has 1 heterocycles. The Morgan fingerprint density at radius 1 is 0.952 bits per heavy atom. The van der Waals surface area contributed by atoms with Crippen molar-refractivity contribution in [3.8, 4) is 0 Å². The van der Waals surface area contributed by atoms with Gasteiger partial charge in [-0.25, -0.2) is 0 Å². The molecular formula is C18H17ClN2. The Balaban J connectivity index is 1.79. The molecule has 0 bridgehead atoms. The molecule has 0 spiro atoms. The molecule has 1 unspecified atom stereocenters. The minimum Gasteiger partial charge on any atom is -0.305 e. The Morgan fingerprint density at radius 2 is 1.76 bits per heavy atom. The summed E-state index contributed by atoms with van der Waals surface area (Å²) >= 11 is 6.11. The lowest BCUT2D eigenvalue weighted by Crippen LogP contribution is -2.22. The molecule has 21 heavy (non-hydrogen) atoms. The van der Waals surface area contributed by atoms with Crippen molar-refractivity contribution in [3.05, 3.63) is 78.0 Å². The molecule has 1 N–H and O–H groups in total. The summed E-state index contributed by atoms with van der Waals surface area (Å²) in [6, 6.07) is 20.7. The summed E-state index contributed by atoms with van der Waals surface area (Å²) in [5, 5.41) is 4.69. The minimum absolute atomic E-state index is 0.145. The van der Waals surface area contributed by atoms with Crippen molar-refractivity contribution in [1.82, 2.24) is 10.3 Å². The van der Waals surface area contributed by atoms with E-state index in [4.69, 9.17) is 11.6 Å². The zero-order chi connectivity index (χ0) is 14.5. The first-order chi connectivity index (χ1) is 10.4. The smallest absolute Gasteiger partial charge is 0.0746 e. The maximum absolute atomic E-state index is 6.11. The highest BCUT2D eigenvalue weighted by Crippen LogP contribution is 2.18. The molecule has 2 nitrogen and oxygen atoms in total. The summed E-state index contributed by atoms with van der Waals surface area (Å²) in [6.07, 6.45) is 1.84. The predicted octanol–water partition coefficient (Wildman–Crippen LogP) is 4.30. The second kappa shape index (κ2) is 6.70. The Labute approximate surface area is 129 Å². The highest BCUT2D eigenvalue weighted by atomic mass is 35.5. The van der Waals surface area contributed by atoms with Crippen molar-refractivity contribution in [1.29, 1.82) is 0 Å². The van der Waals surface area contributed by atoms with Crippen LogP contribution in [0.1, 0.15) is 17.2 Å². The Bertz CT molecular complexity index is 707. The summed E-state index contributed by atoms with van der Waals surface area (Å²) in [7, 11) is 0. The number of nitrogens with zero attached hydrogens (tertiary/aromatic N) is 1. The lowest BCUT2D eigenvalue weighted by molar-refractivity contribution is 0.581. The topological polar surface area (TPSA) is 24.9 Å². The number of hydrogen-bond donors (Lipinski definition) is 1. The van der Waals surface area contributed by atoms with Crippen molar-refractivity contribution in [3.63, 3.8) is 0 Å². The molecule has 1 aromatic heterocycles. The maximum atomic E-state index is 6.11. The lowest BCUT2D eigenvalue weighted by Gasteiger charge is -2.17. The van der Waals surface area contributed by atoms with Crippen LogP contribution in [0.4, 0.5) is 0 Å². The molecule has 0 fully saturated rings. The highest BCUT2D eigenvalue weighted by molar-refractivity contribution is 6.18. The van der Waals surface area contributed by atoms with E-state index in [1.165, 1.54) is 16.5 Å². The number of aromatic nitrogens is 1. The summed E-state index contributed by atoms with van der Waals surface area (Å²) in [6.45, 7) is 0.751. The van der Waals surface area contributed by atoms with Crippen LogP contribution in [0.2, 0.25) is 0 Å². The van der Waals surface area contributed by atoms with E-state index in [1.54, 1.807) is 0 Å². The van der Waals surface area contributed by atoms with Crippen LogP contribution in [-0.2, 0) is 6.54 Å². The summed E-state index contributed by atoms with van der Waals surface area (Å²) in [5.41, 5.74) is 3.45. The molecule has 0 aliphatic rings. The van der Waals surface area contributed by atoms with Gasteiger partial charge in [0.2, 0.25) is 0 Å². The summed E-state index contributed by atoms with van der Waals surface area (Å²) in [4.78, 5) is 4.48. The van der Waals surface area contributed by atoms with E-state index in [-0.39, 0.29) is 6.04 Å². The molecule has 0 aliphatic heterocycles. The van der Waals surface area contributed by atoms with Crippen LogP contribution in [0.3, 0.4) is 0 Å². The number of alkyl halides is 1. The van der Waals surface area contributed by atoms with Crippen molar-refractivity contribution < 1.29 is 0 Å². The normalized spacial score (nSPS) is 12.4. The van der Waals surface area contributed by atoms with Crippen LogP contribution < -0.4 is 5.32 Å². The van der Waals surface area contributed by atoms with E-state index in [0.29, 0.717) is 5.88 Å². The van der Waals surface area contributed by atoms with Gasteiger partial charge in [-0.05, 0) is 17.2 Å². The third-order valence-corrected chi connectivity index (χ3v) is 3.92. The minimum atomic E-state index is 0.145. The van der Waals surface area contributed by atoms with Crippen molar-refractivity contribution in [2.45, 2.75) is 12.6 Å². The molecule has 3 aromatic rings. The van der Waals surface area contributed by atoms with Gasteiger partial charge in [0.1, 0.15) is 0 Å². The van der Waals surface area contributed by atoms with Gasteiger partial charge in [0, 0.05) is 30.0 Å². The molecule has 0 saturated carbocycles. The number of fused-ring (bicyclic) bond motifs is 1. The molecule has 0 radical (unpaired) electrons. The van der Waals surface area contributed by atoms with Gasteiger partial charge in [-0.2, -0.15) is 0 Å². The average Bonchev–Trinajstić information content (AvgIpc) is 2.56. The number of benzene rings is 2. The number of rotatable bonds is 5. The van der Waals surface area contributed by atoms with E-state index in [2.05, 4.69) is 46.7 Å². The van der Waals surface area contributed by atoms with Crippen LogP contribution in [0.25, 0.3) is 10.9 Å². The standard InChI is InChI=1S/C18H17ClN2/c19-12-17(14-6-2-1-3-7-14)21-13-16-9-4-8-15-10-5-11-20-18(15)16/h1-11,17,21H,12-13H2. The molecule has 3 rings (SSSR count). The van der Waals surface area contributed by atoms with Gasteiger partial charge in [0.25, 0.3) is 0 Å². The van der Waals surface area contributed by atoms with Gasteiger partial charge in [0.15, 0.2) is 0 Å². The fourth-order valence-corrected chi connectivity index (χ4v) is 2.78. The van der Waals surface area contributed by atoms with Gasteiger partial charge in [-0.1, -0.05) is 54.6 Å². The van der Waals surface area contributed by atoms with Gasteiger partial charge in [0.05, 0.1) is 5.52 Å². The first kappa shape index (κ1) is 14.1. The average molecular weight is 297 g/mol. The Kier molecular flexibility index (Phi) is 4.49. The molecule has 0 aliphatic carbocycles. The first-order valence-electron chi connectivity index (χ1n) is 7.05. The molecular weight excluding hydrogens is 280 g/mol. The van der Waals surface area contributed by atoms with E-state index in [0.717, 1.165) is 12.1 Å². The number of halogens is 1. The summed E-state index contributed by atoms with van der Waals surface area (Å²) in [5.74, 6) is 0.544. The Hall–Kier alpha value is -1.90. The van der Waals surface area contributed by atoms with Crippen molar-refractivity contribution in [2.24, 2.45) is 0 Å². The van der Waals surface area contributed by atoms with Gasteiger partial charge in [-0.15, -0.1) is 11.6 Å². The fraction of sp³-hybridized carbons (Fsp3) is 0.167. The zero-order valence-corrected chi connectivity index (χ0v) is 12.4. The van der Waals surface area contributed by atoms with Crippen LogP contribution in [0.5, 0.6) is 0 Å². The van der Waals surface area contributed by atoms with E-state index in [1.807, 2.05) is 30.5 Å². The third kappa shape index (κ3) is 3.23. The predicted molar refractivity (Wildman–Crippen MR) is 88.5 cm³/mol. The number of nitrogens with one attached hydrogen (secondary N) is 1. The van der Waals surface area contributed by atoms with Crippen LogP contribution >= 0.6 is 11.6 Å². The summed E-state index contributed by atoms with van der Waals surface area (Å²) < 4.78 is 0. The molecule has 2 aromatic carbocycles. The fourth-order valence-electron chi connectivity index (χ4n) is 2.49. The van der Waals surface area contributed by atoms with Crippen molar-refractivity contribution in [2.75, 3.05) is 5.88 Å². The van der Waals surface area contributed by atoms with Crippen LogP contribution in [0.15, 0.2) is 66.9 Å². The number of pyridine rings is 1. The van der Waals surface area contributed by atoms with Crippen LogP contribution in [-0.4, -0.2) is 10.9 Å². The SMILES string of the molecule is ClCC(NCc1cccc2cccnc12)c1ccccc1. The second-order valence-electron chi connectivity index (χ2n) is 4.99. The first-order valence-corrected chi connectivity index (χ1v) is 7.59. The maximum Gasteiger partial charge on any atom is 0.0746 e. The third-order valence-electron chi connectivity index (χ3n) is 3.61. The van der Waals surface area contributed by atoms with Gasteiger partial charge >= 0.3 is 0 Å². The zero-order valence-electron chi connectivity index (χ0n) is 11.7. The van der Waals surface area contributed by atoms with E-state index in [9.17, 15) is 0 Å². The van der Waals surface area contributed by atoms with E-state index < -0.39 is 0 Å².